The molecule has 0 saturated heterocycles. The van der Waals surface area contributed by atoms with E-state index < -0.39 is 6.10 Å². The Balaban J connectivity index is 1.76. The van der Waals surface area contributed by atoms with Crippen LogP contribution in [0.3, 0.4) is 0 Å². The van der Waals surface area contributed by atoms with E-state index in [9.17, 15) is 4.79 Å². The number of hydrogen-bond donors (Lipinski definition) is 0. The summed E-state index contributed by atoms with van der Waals surface area (Å²) in [5.74, 6) is -0.297. The van der Waals surface area contributed by atoms with E-state index in [1.54, 1.807) is 0 Å². The highest BCUT2D eigenvalue weighted by Gasteiger charge is 2.25. The first-order valence-electron chi connectivity index (χ1n) is 9.01. The molecule has 0 saturated carbocycles. The molecule has 4 rings (SSSR count). The van der Waals surface area contributed by atoms with Crippen molar-refractivity contribution in [3.05, 3.63) is 75.9 Å². The quantitative estimate of drug-likeness (QED) is 0.560. The lowest BCUT2D eigenvalue weighted by Gasteiger charge is -2.21. The van der Waals surface area contributed by atoms with Gasteiger partial charge >= 0.3 is 5.97 Å². The number of rotatable bonds is 3. The molecule has 132 valence electrons. The molecule has 0 bridgehead atoms. The highest BCUT2D eigenvalue weighted by atomic mass is 35.5. The Morgan fingerprint density at radius 1 is 1.08 bits per heavy atom. The molecule has 3 aromatic rings. The van der Waals surface area contributed by atoms with Gasteiger partial charge < -0.3 is 4.74 Å². The van der Waals surface area contributed by atoms with Crippen LogP contribution in [0.5, 0.6) is 0 Å². The van der Waals surface area contributed by atoms with Gasteiger partial charge in [-0.3, -0.25) is 4.98 Å². The second-order valence-electron chi connectivity index (χ2n) is 6.71. The van der Waals surface area contributed by atoms with Crippen LogP contribution in [0.15, 0.2) is 48.5 Å². The molecule has 0 N–H and O–H groups in total. The predicted molar refractivity (Wildman–Crippen MR) is 104 cm³/mol. The molecule has 0 aliphatic heterocycles. The van der Waals surface area contributed by atoms with Crippen LogP contribution in [0.2, 0.25) is 5.02 Å². The molecule has 1 aliphatic carbocycles. The lowest BCUT2D eigenvalue weighted by Crippen LogP contribution is -2.17. The van der Waals surface area contributed by atoms with Crippen molar-refractivity contribution >= 4 is 28.5 Å². The van der Waals surface area contributed by atoms with Crippen molar-refractivity contribution in [2.24, 2.45) is 0 Å². The van der Waals surface area contributed by atoms with Crippen molar-refractivity contribution in [3.8, 4) is 0 Å². The summed E-state index contributed by atoms with van der Waals surface area (Å²) in [7, 11) is 0. The number of nitrogens with zero attached hydrogens (tertiary/aromatic N) is 1. The van der Waals surface area contributed by atoms with Crippen LogP contribution in [-0.4, -0.2) is 11.0 Å². The van der Waals surface area contributed by atoms with Crippen molar-refractivity contribution in [2.45, 2.75) is 38.7 Å². The molecule has 1 aliphatic rings. The van der Waals surface area contributed by atoms with E-state index in [1.165, 1.54) is 0 Å². The zero-order valence-corrected chi connectivity index (χ0v) is 15.4. The zero-order valence-electron chi connectivity index (χ0n) is 14.7. The van der Waals surface area contributed by atoms with Crippen LogP contribution in [0, 0.1) is 0 Å². The minimum Gasteiger partial charge on any atom is -0.454 e. The smallest absolute Gasteiger partial charge is 0.339 e. The molecular weight excluding hydrogens is 346 g/mol. The number of pyridine rings is 1. The van der Waals surface area contributed by atoms with E-state index in [4.69, 9.17) is 21.3 Å². The maximum atomic E-state index is 13.1. The standard InChI is InChI=1S/C22H20ClNO2/c1-14(15-8-2-5-11-18(15)23)26-22(25)21-16-9-3-6-12-19(16)24-20-13-7-4-10-17(20)21/h2-3,5-6,8-9,11-12,14H,4,7,10,13H2,1H3/t14-/m1/s1. The van der Waals surface area contributed by atoms with E-state index in [0.717, 1.165) is 53.4 Å². The Morgan fingerprint density at radius 3 is 2.65 bits per heavy atom. The summed E-state index contributed by atoms with van der Waals surface area (Å²) < 4.78 is 5.83. The third-order valence-corrected chi connectivity index (χ3v) is 5.34. The number of para-hydroxylation sites is 1. The van der Waals surface area contributed by atoms with Crippen LogP contribution in [0.1, 0.15) is 53.0 Å². The van der Waals surface area contributed by atoms with E-state index in [0.29, 0.717) is 10.6 Å². The predicted octanol–water partition coefficient (Wildman–Crippen LogP) is 5.69. The minimum absolute atomic E-state index is 0.297. The Morgan fingerprint density at radius 2 is 1.81 bits per heavy atom. The van der Waals surface area contributed by atoms with E-state index >= 15 is 0 Å². The Labute approximate surface area is 158 Å². The second kappa shape index (κ2) is 7.08. The third-order valence-electron chi connectivity index (χ3n) is 5.00. The van der Waals surface area contributed by atoms with Crippen LogP contribution < -0.4 is 0 Å². The van der Waals surface area contributed by atoms with Crippen LogP contribution in [0.4, 0.5) is 0 Å². The van der Waals surface area contributed by atoms with Crippen molar-refractivity contribution < 1.29 is 9.53 Å². The minimum atomic E-state index is -0.414. The van der Waals surface area contributed by atoms with Crippen molar-refractivity contribution in [1.29, 1.82) is 0 Å². The number of carbonyl (C=O) groups is 1. The van der Waals surface area contributed by atoms with Gasteiger partial charge in [-0.1, -0.05) is 48.0 Å². The first-order valence-corrected chi connectivity index (χ1v) is 9.39. The molecule has 1 heterocycles. The first-order chi connectivity index (χ1) is 12.6. The highest BCUT2D eigenvalue weighted by molar-refractivity contribution is 6.31. The number of aryl methyl sites for hydroxylation is 1. The van der Waals surface area contributed by atoms with Crippen molar-refractivity contribution in [3.63, 3.8) is 0 Å². The summed E-state index contributed by atoms with van der Waals surface area (Å²) in [6.45, 7) is 1.86. The van der Waals surface area contributed by atoms with Gasteiger partial charge in [-0.05, 0) is 50.3 Å². The number of ether oxygens (including phenoxy) is 1. The molecule has 1 aromatic heterocycles. The largest absolute Gasteiger partial charge is 0.454 e. The van der Waals surface area contributed by atoms with Gasteiger partial charge in [-0.15, -0.1) is 0 Å². The Kier molecular flexibility index (Phi) is 4.64. The molecule has 0 spiro atoms. The Hall–Kier alpha value is -2.39. The second-order valence-corrected chi connectivity index (χ2v) is 7.11. The summed E-state index contributed by atoms with van der Waals surface area (Å²) in [6, 6.07) is 15.3. The van der Waals surface area contributed by atoms with Crippen molar-refractivity contribution in [2.75, 3.05) is 0 Å². The molecule has 0 fully saturated rings. The van der Waals surface area contributed by atoms with Gasteiger partial charge in [-0.2, -0.15) is 0 Å². The van der Waals surface area contributed by atoms with Gasteiger partial charge in [0.2, 0.25) is 0 Å². The van der Waals surface area contributed by atoms with Crippen LogP contribution >= 0.6 is 11.6 Å². The summed E-state index contributed by atoms with van der Waals surface area (Å²) in [6.07, 6.45) is 3.57. The molecular formula is C22H20ClNO2. The van der Waals surface area contributed by atoms with Gasteiger partial charge in [-0.25, -0.2) is 4.79 Å². The van der Waals surface area contributed by atoms with Gasteiger partial charge in [0.1, 0.15) is 6.10 Å². The molecule has 2 aromatic carbocycles. The molecule has 1 atom stereocenters. The lowest BCUT2D eigenvalue weighted by molar-refractivity contribution is 0.0339. The number of halogens is 1. The van der Waals surface area contributed by atoms with Crippen LogP contribution in [0.25, 0.3) is 10.9 Å². The van der Waals surface area contributed by atoms with E-state index in [2.05, 4.69) is 0 Å². The summed E-state index contributed by atoms with van der Waals surface area (Å²) in [5.41, 5.74) is 4.42. The number of esters is 1. The molecule has 0 radical (unpaired) electrons. The normalized spacial score (nSPS) is 14.7. The fourth-order valence-corrected chi connectivity index (χ4v) is 3.98. The molecule has 3 nitrogen and oxygen atoms in total. The SMILES string of the molecule is C[C@@H](OC(=O)c1c2c(nc3ccccc13)CCCC2)c1ccccc1Cl. The lowest BCUT2D eigenvalue weighted by atomic mass is 9.90. The summed E-state index contributed by atoms with van der Waals surface area (Å²) >= 11 is 6.26. The fraction of sp³-hybridized carbons (Fsp3) is 0.273. The van der Waals surface area contributed by atoms with E-state index in [1.807, 2.05) is 55.5 Å². The Bertz CT molecular complexity index is 983. The topological polar surface area (TPSA) is 39.2 Å². The van der Waals surface area contributed by atoms with Gasteiger partial charge in [0.15, 0.2) is 0 Å². The number of carbonyl (C=O) groups excluding carboxylic acids is 1. The maximum absolute atomic E-state index is 13.1. The molecule has 26 heavy (non-hydrogen) atoms. The molecule has 4 heteroatoms. The van der Waals surface area contributed by atoms with Gasteiger partial charge in [0.05, 0.1) is 11.1 Å². The first kappa shape index (κ1) is 17.0. The summed E-state index contributed by atoms with van der Waals surface area (Å²) in [5, 5.41) is 1.47. The van der Waals surface area contributed by atoms with Crippen LogP contribution in [-0.2, 0) is 17.6 Å². The average molecular weight is 366 g/mol. The third kappa shape index (κ3) is 3.08. The van der Waals surface area contributed by atoms with E-state index in [-0.39, 0.29) is 5.97 Å². The average Bonchev–Trinajstić information content (AvgIpc) is 2.66. The number of benzene rings is 2. The molecule has 0 amide bonds. The van der Waals surface area contributed by atoms with Gasteiger partial charge in [0, 0.05) is 21.7 Å². The fourth-order valence-electron chi connectivity index (χ4n) is 3.69. The monoisotopic (exact) mass is 365 g/mol. The number of fused-ring (bicyclic) bond motifs is 2. The number of aromatic nitrogens is 1. The van der Waals surface area contributed by atoms with Crippen molar-refractivity contribution in [1.82, 2.24) is 4.98 Å². The molecule has 0 unspecified atom stereocenters. The van der Waals surface area contributed by atoms with Gasteiger partial charge in [0.25, 0.3) is 0 Å². The zero-order chi connectivity index (χ0) is 18.1. The highest BCUT2D eigenvalue weighted by Crippen LogP contribution is 2.32. The summed E-state index contributed by atoms with van der Waals surface area (Å²) in [4.78, 5) is 17.9. The maximum Gasteiger partial charge on any atom is 0.339 e. The number of hydrogen-bond acceptors (Lipinski definition) is 3.